The predicted octanol–water partition coefficient (Wildman–Crippen LogP) is 0.569. The van der Waals surface area contributed by atoms with E-state index >= 15 is 0 Å². The van der Waals surface area contributed by atoms with E-state index in [1.807, 2.05) is 13.8 Å². The van der Waals surface area contributed by atoms with Gasteiger partial charge in [0.1, 0.15) is 0 Å². The smallest absolute Gasteiger partial charge is 0.358 e. The summed E-state index contributed by atoms with van der Waals surface area (Å²) in [5, 5.41) is 15.0. The molecule has 2 rings (SSSR count). The van der Waals surface area contributed by atoms with Crippen molar-refractivity contribution in [1.82, 2.24) is 19.8 Å². The number of carbonyl (C=O) groups is 1. The SMILES string of the molecule is CNc1nnc2c(C)c(C)c(C(=O)OC)nn12. The molecule has 17 heavy (non-hydrogen) atoms. The van der Waals surface area contributed by atoms with E-state index in [9.17, 15) is 4.79 Å². The van der Waals surface area contributed by atoms with Gasteiger partial charge >= 0.3 is 5.97 Å². The topological polar surface area (TPSA) is 81.4 Å². The first-order valence-electron chi connectivity index (χ1n) is 5.08. The molecule has 2 aromatic rings. The normalized spacial score (nSPS) is 10.6. The summed E-state index contributed by atoms with van der Waals surface area (Å²) in [6, 6.07) is 0. The number of ether oxygens (including phenoxy) is 1. The van der Waals surface area contributed by atoms with Crippen LogP contribution in [-0.4, -0.2) is 39.9 Å². The fourth-order valence-corrected chi connectivity index (χ4v) is 1.58. The quantitative estimate of drug-likeness (QED) is 0.766. The maximum atomic E-state index is 11.6. The van der Waals surface area contributed by atoms with Crippen molar-refractivity contribution in [2.24, 2.45) is 0 Å². The van der Waals surface area contributed by atoms with Crippen molar-refractivity contribution in [3.8, 4) is 0 Å². The molecule has 1 N–H and O–H groups in total. The van der Waals surface area contributed by atoms with Gasteiger partial charge in [-0.25, -0.2) is 4.79 Å². The lowest BCUT2D eigenvalue weighted by Crippen LogP contribution is -2.13. The summed E-state index contributed by atoms with van der Waals surface area (Å²) in [7, 11) is 3.04. The summed E-state index contributed by atoms with van der Waals surface area (Å²) in [5.41, 5.74) is 2.50. The maximum Gasteiger partial charge on any atom is 0.358 e. The Morgan fingerprint density at radius 2 is 2.00 bits per heavy atom. The van der Waals surface area contributed by atoms with Crippen molar-refractivity contribution in [3.05, 3.63) is 16.8 Å². The van der Waals surface area contributed by atoms with Crippen LogP contribution in [0.5, 0.6) is 0 Å². The van der Waals surface area contributed by atoms with Crippen LogP contribution in [0, 0.1) is 13.8 Å². The van der Waals surface area contributed by atoms with E-state index in [2.05, 4.69) is 20.6 Å². The molecule has 7 nitrogen and oxygen atoms in total. The van der Waals surface area contributed by atoms with E-state index in [1.54, 1.807) is 7.05 Å². The molecule has 90 valence electrons. The number of esters is 1. The first-order chi connectivity index (χ1) is 8.10. The number of hydrogen-bond acceptors (Lipinski definition) is 6. The molecule has 0 saturated carbocycles. The molecule has 7 heteroatoms. The van der Waals surface area contributed by atoms with Gasteiger partial charge in [0.05, 0.1) is 7.11 Å². The highest BCUT2D eigenvalue weighted by atomic mass is 16.5. The second-order valence-electron chi connectivity index (χ2n) is 3.60. The molecular weight excluding hydrogens is 222 g/mol. The number of aromatic nitrogens is 4. The number of hydrogen-bond donors (Lipinski definition) is 1. The fourth-order valence-electron chi connectivity index (χ4n) is 1.58. The van der Waals surface area contributed by atoms with E-state index < -0.39 is 5.97 Å². The molecule has 0 aliphatic heterocycles. The lowest BCUT2D eigenvalue weighted by Gasteiger charge is -2.07. The van der Waals surface area contributed by atoms with Crippen molar-refractivity contribution in [1.29, 1.82) is 0 Å². The predicted molar refractivity (Wildman–Crippen MR) is 61.1 cm³/mol. The molecule has 0 aliphatic carbocycles. The lowest BCUT2D eigenvalue weighted by molar-refractivity contribution is 0.0591. The minimum absolute atomic E-state index is 0.272. The zero-order chi connectivity index (χ0) is 12.6. The Labute approximate surface area is 97.8 Å². The molecule has 0 radical (unpaired) electrons. The molecule has 0 bridgehead atoms. The third kappa shape index (κ3) is 1.59. The van der Waals surface area contributed by atoms with Gasteiger partial charge in [-0.05, 0) is 19.4 Å². The largest absolute Gasteiger partial charge is 0.464 e. The summed E-state index contributed by atoms with van der Waals surface area (Å²) in [4.78, 5) is 11.6. The number of nitrogens with zero attached hydrogens (tertiary/aromatic N) is 4. The molecule has 0 saturated heterocycles. The second-order valence-corrected chi connectivity index (χ2v) is 3.60. The first-order valence-corrected chi connectivity index (χ1v) is 5.08. The van der Waals surface area contributed by atoms with E-state index in [0.29, 0.717) is 11.6 Å². The number of methoxy groups -OCH3 is 1. The molecule has 0 aliphatic rings. The number of fused-ring (bicyclic) bond motifs is 1. The van der Waals surface area contributed by atoms with Gasteiger partial charge in [0.2, 0.25) is 5.95 Å². The van der Waals surface area contributed by atoms with Crippen LogP contribution in [0.4, 0.5) is 5.95 Å². The number of rotatable bonds is 2. The van der Waals surface area contributed by atoms with Crippen molar-refractivity contribution < 1.29 is 9.53 Å². The van der Waals surface area contributed by atoms with Crippen LogP contribution in [0.2, 0.25) is 0 Å². The molecule has 0 aromatic carbocycles. The molecule has 0 atom stereocenters. The summed E-state index contributed by atoms with van der Waals surface area (Å²) in [6.07, 6.45) is 0. The van der Waals surface area contributed by atoms with Gasteiger partial charge in [-0.2, -0.15) is 9.61 Å². The van der Waals surface area contributed by atoms with Gasteiger partial charge in [0.25, 0.3) is 0 Å². The minimum atomic E-state index is -0.469. The lowest BCUT2D eigenvalue weighted by atomic mass is 10.1. The first kappa shape index (κ1) is 11.3. The van der Waals surface area contributed by atoms with Gasteiger partial charge in [-0.15, -0.1) is 10.2 Å². The highest BCUT2D eigenvalue weighted by Gasteiger charge is 2.18. The zero-order valence-corrected chi connectivity index (χ0v) is 10.1. The Bertz CT molecular complexity index is 590. The third-order valence-corrected chi connectivity index (χ3v) is 2.70. The Morgan fingerprint density at radius 3 is 2.59 bits per heavy atom. The summed E-state index contributed by atoms with van der Waals surface area (Å²) in [5.74, 6) is 0.0107. The van der Waals surface area contributed by atoms with Crippen LogP contribution < -0.4 is 5.32 Å². The molecule has 2 aromatic heterocycles. The Balaban J connectivity index is 2.78. The standard InChI is InChI=1S/C10H13N5O2/c1-5-6(2)8-12-13-10(11-3)15(8)14-7(5)9(16)17-4/h1-4H3,(H,11,13). The molecule has 2 heterocycles. The third-order valence-electron chi connectivity index (χ3n) is 2.70. The van der Waals surface area contributed by atoms with Crippen molar-refractivity contribution in [2.75, 3.05) is 19.5 Å². The number of nitrogens with one attached hydrogen (secondary N) is 1. The summed E-state index contributed by atoms with van der Waals surface area (Å²) < 4.78 is 6.19. The van der Waals surface area contributed by atoms with Gasteiger partial charge in [0, 0.05) is 12.6 Å². The van der Waals surface area contributed by atoms with Gasteiger partial charge in [-0.3, -0.25) is 0 Å². The molecule has 0 fully saturated rings. The van der Waals surface area contributed by atoms with Crippen LogP contribution in [-0.2, 0) is 4.74 Å². The van der Waals surface area contributed by atoms with E-state index in [1.165, 1.54) is 11.6 Å². The van der Waals surface area contributed by atoms with Crippen molar-refractivity contribution >= 4 is 17.6 Å². The average Bonchev–Trinajstić information content (AvgIpc) is 2.75. The van der Waals surface area contributed by atoms with Crippen LogP contribution in [0.3, 0.4) is 0 Å². The highest BCUT2D eigenvalue weighted by molar-refractivity contribution is 5.89. The molecular formula is C10H13N5O2. The molecule has 0 unspecified atom stereocenters. The minimum Gasteiger partial charge on any atom is -0.464 e. The van der Waals surface area contributed by atoms with Gasteiger partial charge in [0.15, 0.2) is 11.3 Å². The summed E-state index contributed by atoms with van der Waals surface area (Å²) >= 11 is 0. The van der Waals surface area contributed by atoms with Crippen LogP contribution >= 0.6 is 0 Å². The van der Waals surface area contributed by atoms with Gasteiger partial charge < -0.3 is 10.1 Å². The highest BCUT2D eigenvalue weighted by Crippen LogP contribution is 2.18. The second kappa shape index (κ2) is 4.00. The van der Waals surface area contributed by atoms with E-state index in [0.717, 1.165) is 11.1 Å². The van der Waals surface area contributed by atoms with Crippen LogP contribution in [0.1, 0.15) is 21.6 Å². The summed E-state index contributed by atoms with van der Waals surface area (Å²) in [6.45, 7) is 3.68. The van der Waals surface area contributed by atoms with Crippen LogP contribution in [0.15, 0.2) is 0 Å². The van der Waals surface area contributed by atoms with Gasteiger partial charge in [-0.1, -0.05) is 0 Å². The maximum absolute atomic E-state index is 11.6. The fraction of sp³-hybridized carbons (Fsp3) is 0.400. The zero-order valence-electron chi connectivity index (χ0n) is 10.1. The molecule has 0 spiro atoms. The Hall–Kier alpha value is -2.18. The van der Waals surface area contributed by atoms with E-state index in [-0.39, 0.29) is 5.69 Å². The van der Waals surface area contributed by atoms with E-state index in [4.69, 9.17) is 4.74 Å². The van der Waals surface area contributed by atoms with Crippen molar-refractivity contribution in [3.63, 3.8) is 0 Å². The average molecular weight is 235 g/mol. The van der Waals surface area contributed by atoms with Crippen molar-refractivity contribution in [2.45, 2.75) is 13.8 Å². The van der Waals surface area contributed by atoms with Crippen LogP contribution in [0.25, 0.3) is 5.65 Å². The number of anilines is 1. The monoisotopic (exact) mass is 235 g/mol. The Kier molecular flexibility index (Phi) is 2.66. The number of aryl methyl sites for hydroxylation is 1. The molecule has 0 amide bonds. The Morgan fingerprint density at radius 1 is 1.29 bits per heavy atom. The number of carbonyl (C=O) groups excluding carboxylic acids is 1.